The molecule has 2 aromatic rings. The Morgan fingerprint density at radius 2 is 1.88 bits per heavy atom. The number of nitrogens with one attached hydrogen (secondary N) is 1. The van der Waals surface area contributed by atoms with Gasteiger partial charge in [0.25, 0.3) is 0 Å². The van der Waals surface area contributed by atoms with E-state index in [1.165, 1.54) is 0 Å². The molecule has 6 heteroatoms. The average Bonchev–Trinajstić information content (AvgIpc) is 3.15. The zero-order valence-electron chi connectivity index (χ0n) is 14.9. The first-order valence-corrected chi connectivity index (χ1v) is 9.18. The first kappa shape index (κ1) is 18.2. The lowest BCUT2D eigenvalue weighted by Gasteiger charge is -2.33. The SMILES string of the molecule is O=C(CCc1cnn(-c2ccccc2)c1)NCC1(C(=O)O)CCCCC1. The summed E-state index contributed by atoms with van der Waals surface area (Å²) in [4.78, 5) is 23.8. The van der Waals surface area contributed by atoms with Gasteiger partial charge in [0.2, 0.25) is 5.91 Å². The van der Waals surface area contributed by atoms with Crippen molar-refractivity contribution in [2.24, 2.45) is 5.41 Å². The number of carbonyl (C=O) groups is 2. The monoisotopic (exact) mass is 355 g/mol. The number of para-hydroxylation sites is 1. The lowest BCUT2D eigenvalue weighted by molar-refractivity contribution is -0.151. The number of aromatic nitrogens is 2. The molecular formula is C20H25N3O3. The van der Waals surface area contributed by atoms with Gasteiger partial charge in [-0.25, -0.2) is 4.68 Å². The molecule has 1 aliphatic rings. The van der Waals surface area contributed by atoms with Crippen LogP contribution in [-0.2, 0) is 16.0 Å². The summed E-state index contributed by atoms with van der Waals surface area (Å²) in [6.45, 7) is 0.227. The quantitative estimate of drug-likeness (QED) is 0.800. The smallest absolute Gasteiger partial charge is 0.311 e. The normalized spacial score (nSPS) is 16.2. The van der Waals surface area contributed by atoms with Crippen molar-refractivity contribution in [1.82, 2.24) is 15.1 Å². The van der Waals surface area contributed by atoms with Crippen molar-refractivity contribution in [3.8, 4) is 5.69 Å². The zero-order valence-corrected chi connectivity index (χ0v) is 14.9. The number of hydrogen-bond acceptors (Lipinski definition) is 3. The van der Waals surface area contributed by atoms with E-state index >= 15 is 0 Å². The molecule has 0 spiro atoms. The molecule has 0 saturated heterocycles. The largest absolute Gasteiger partial charge is 0.481 e. The molecule has 6 nitrogen and oxygen atoms in total. The van der Waals surface area contributed by atoms with Gasteiger partial charge in [-0.15, -0.1) is 0 Å². The fraction of sp³-hybridized carbons (Fsp3) is 0.450. The van der Waals surface area contributed by atoms with Crippen LogP contribution in [0, 0.1) is 5.41 Å². The van der Waals surface area contributed by atoms with Crippen LogP contribution in [0.5, 0.6) is 0 Å². The lowest BCUT2D eigenvalue weighted by atomic mass is 9.74. The van der Waals surface area contributed by atoms with Gasteiger partial charge in [0, 0.05) is 19.2 Å². The van der Waals surface area contributed by atoms with Gasteiger partial charge in [-0.05, 0) is 37.0 Å². The molecule has 1 aromatic carbocycles. The second-order valence-electron chi connectivity index (χ2n) is 7.05. The molecule has 26 heavy (non-hydrogen) atoms. The van der Waals surface area contributed by atoms with E-state index in [9.17, 15) is 14.7 Å². The standard InChI is InChI=1S/C20H25N3O3/c24-18(21-15-20(19(25)26)11-5-2-6-12-20)10-9-16-13-22-23(14-16)17-7-3-1-4-8-17/h1,3-4,7-8,13-14H,2,5-6,9-12,15H2,(H,21,24)(H,25,26). The van der Waals surface area contributed by atoms with Gasteiger partial charge in [-0.1, -0.05) is 37.5 Å². The molecule has 0 aliphatic heterocycles. The average molecular weight is 355 g/mol. The van der Waals surface area contributed by atoms with Crippen molar-refractivity contribution in [3.63, 3.8) is 0 Å². The maximum Gasteiger partial charge on any atom is 0.311 e. The summed E-state index contributed by atoms with van der Waals surface area (Å²) < 4.78 is 1.79. The van der Waals surface area contributed by atoms with Crippen molar-refractivity contribution >= 4 is 11.9 Å². The summed E-state index contributed by atoms with van der Waals surface area (Å²) in [6, 6.07) is 9.80. The van der Waals surface area contributed by atoms with Crippen LogP contribution in [-0.4, -0.2) is 33.3 Å². The van der Waals surface area contributed by atoms with E-state index in [1.807, 2.05) is 36.5 Å². The molecule has 3 rings (SSSR count). The predicted molar refractivity (Wildman–Crippen MR) is 98.0 cm³/mol. The van der Waals surface area contributed by atoms with Crippen molar-refractivity contribution in [1.29, 1.82) is 0 Å². The number of hydrogen-bond donors (Lipinski definition) is 2. The molecule has 1 aromatic heterocycles. The molecule has 2 N–H and O–H groups in total. The van der Waals surface area contributed by atoms with E-state index < -0.39 is 11.4 Å². The van der Waals surface area contributed by atoms with Gasteiger partial charge in [0.15, 0.2) is 0 Å². The van der Waals surface area contributed by atoms with Gasteiger partial charge in [0.1, 0.15) is 0 Å². The Balaban J connectivity index is 1.50. The van der Waals surface area contributed by atoms with E-state index in [0.717, 1.165) is 30.5 Å². The van der Waals surface area contributed by atoms with E-state index in [1.54, 1.807) is 10.9 Å². The predicted octanol–water partition coefficient (Wildman–Crippen LogP) is 2.96. The summed E-state index contributed by atoms with van der Waals surface area (Å²) in [5.41, 5.74) is 1.17. The van der Waals surface area contributed by atoms with Crippen LogP contribution in [0.15, 0.2) is 42.7 Å². The zero-order chi connectivity index (χ0) is 18.4. The van der Waals surface area contributed by atoms with Gasteiger partial charge in [0.05, 0.1) is 17.3 Å². The minimum Gasteiger partial charge on any atom is -0.481 e. The molecular weight excluding hydrogens is 330 g/mol. The van der Waals surface area contributed by atoms with Crippen LogP contribution >= 0.6 is 0 Å². The molecule has 1 amide bonds. The fourth-order valence-electron chi connectivity index (χ4n) is 3.52. The summed E-state index contributed by atoms with van der Waals surface area (Å²) in [5, 5.41) is 16.7. The van der Waals surface area contributed by atoms with Crippen LogP contribution in [0.25, 0.3) is 5.69 Å². The number of rotatable bonds is 7. The number of benzene rings is 1. The van der Waals surface area contributed by atoms with E-state index in [2.05, 4.69) is 10.4 Å². The summed E-state index contributed by atoms with van der Waals surface area (Å²) in [7, 11) is 0. The highest BCUT2D eigenvalue weighted by molar-refractivity contribution is 5.79. The molecule has 0 unspecified atom stereocenters. The minimum atomic E-state index is -0.790. The number of carbonyl (C=O) groups excluding carboxylic acids is 1. The lowest BCUT2D eigenvalue weighted by Crippen LogP contribution is -2.44. The topological polar surface area (TPSA) is 84.2 Å². The Labute approximate surface area is 153 Å². The Hall–Kier alpha value is -2.63. The van der Waals surface area contributed by atoms with Crippen molar-refractivity contribution in [2.75, 3.05) is 6.54 Å². The number of nitrogens with zero attached hydrogens (tertiary/aromatic N) is 2. The molecule has 1 fully saturated rings. The molecule has 0 atom stereocenters. The Morgan fingerprint density at radius 1 is 1.15 bits per heavy atom. The van der Waals surface area contributed by atoms with Gasteiger partial charge in [-0.2, -0.15) is 5.10 Å². The molecule has 0 bridgehead atoms. The number of amides is 1. The molecule has 1 saturated carbocycles. The first-order chi connectivity index (χ1) is 12.6. The highest BCUT2D eigenvalue weighted by Crippen LogP contribution is 2.36. The third-order valence-corrected chi connectivity index (χ3v) is 5.19. The van der Waals surface area contributed by atoms with Crippen LogP contribution in [0.3, 0.4) is 0 Å². The van der Waals surface area contributed by atoms with E-state index in [0.29, 0.717) is 25.7 Å². The maximum atomic E-state index is 12.2. The maximum absolute atomic E-state index is 12.2. The second-order valence-corrected chi connectivity index (χ2v) is 7.05. The van der Waals surface area contributed by atoms with Crippen LogP contribution in [0.1, 0.15) is 44.1 Å². The second kappa shape index (κ2) is 8.17. The van der Waals surface area contributed by atoms with Crippen molar-refractivity contribution < 1.29 is 14.7 Å². The number of carboxylic acids is 1. The number of aryl methyl sites for hydroxylation is 1. The first-order valence-electron chi connectivity index (χ1n) is 9.18. The van der Waals surface area contributed by atoms with Crippen molar-refractivity contribution in [3.05, 3.63) is 48.3 Å². The summed E-state index contributed by atoms with van der Waals surface area (Å²) >= 11 is 0. The third kappa shape index (κ3) is 4.31. The molecule has 1 heterocycles. The highest BCUT2D eigenvalue weighted by Gasteiger charge is 2.39. The third-order valence-electron chi connectivity index (χ3n) is 5.19. The summed E-state index contributed by atoms with van der Waals surface area (Å²) in [5.74, 6) is -0.898. The molecule has 0 radical (unpaired) electrons. The van der Waals surface area contributed by atoms with Crippen LogP contribution < -0.4 is 5.32 Å². The highest BCUT2D eigenvalue weighted by atomic mass is 16.4. The van der Waals surface area contributed by atoms with Crippen LogP contribution in [0.2, 0.25) is 0 Å². The van der Waals surface area contributed by atoms with Gasteiger partial charge < -0.3 is 10.4 Å². The van der Waals surface area contributed by atoms with E-state index in [4.69, 9.17) is 0 Å². The van der Waals surface area contributed by atoms with Crippen LogP contribution in [0.4, 0.5) is 0 Å². The Kier molecular flexibility index (Phi) is 5.71. The number of aliphatic carboxylic acids is 1. The van der Waals surface area contributed by atoms with Gasteiger partial charge >= 0.3 is 5.97 Å². The minimum absolute atomic E-state index is 0.108. The van der Waals surface area contributed by atoms with Gasteiger partial charge in [-0.3, -0.25) is 9.59 Å². The van der Waals surface area contributed by atoms with E-state index in [-0.39, 0.29) is 12.5 Å². The molecule has 1 aliphatic carbocycles. The summed E-state index contributed by atoms with van der Waals surface area (Å²) in [6.07, 6.45) is 8.80. The molecule has 138 valence electrons. The Bertz CT molecular complexity index is 749. The van der Waals surface area contributed by atoms with Crippen molar-refractivity contribution in [2.45, 2.75) is 44.9 Å². The fourth-order valence-corrected chi connectivity index (χ4v) is 3.52. The number of carboxylic acid groups (broad SMARTS) is 1. The Morgan fingerprint density at radius 3 is 2.58 bits per heavy atom.